The number of aromatic amines is 1. The molecular weight excluding hydrogens is 300 g/mol. The number of aromatic carboxylic acids is 1. The summed E-state index contributed by atoms with van der Waals surface area (Å²) in [5.74, 6) is -1.50. The predicted octanol–water partition coefficient (Wildman–Crippen LogP) is 2.61. The lowest BCUT2D eigenvalue weighted by Gasteiger charge is -1.94. The highest BCUT2D eigenvalue weighted by Crippen LogP contribution is 2.23. The van der Waals surface area contributed by atoms with Gasteiger partial charge in [-0.05, 0) is 40.8 Å². The zero-order chi connectivity index (χ0) is 10.3. The lowest BCUT2D eigenvalue weighted by atomic mass is 10.2. The smallest absolute Gasteiger partial charge is 0.352 e. The van der Waals surface area contributed by atoms with Gasteiger partial charge >= 0.3 is 5.97 Å². The number of carboxylic acid groups (broad SMARTS) is 1. The number of rotatable bonds is 1. The van der Waals surface area contributed by atoms with Crippen LogP contribution in [0.3, 0.4) is 0 Å². The van der Waals surface area contributed by atoms with Crippen molar-refractivity contribution in [1.82, 2.24) is 4.98 Å². The average molecular weight is 305 g/mol. The molecule has 0 unspecified atom stereocenters. The maximum Gasteiger partial charge on any atom is 0.352 e. The Morgan fingerprint density at radius 3 is 2.79 bits per heavy atom. The first-order chi connectivity index (χ1) is 6.59. The van der Waals surface area contributed by atoms with Crippen LogP contribution in [0.2, 0.25) is 0 Å². The summed E-state index contributed by atoms with van der Waals surface area (Å²) in [5.41, 5.74) is 0.533. The Kier molecular flexibility index (Phi) is 2.18. The van der Waals surface area contributed by atoms with Crippen LogP contribution < -0.4 is 0 Å². The first-order valence-electron chi connectivity index (χ1n) is 3.79. The quantitative estimate of drug-likeness (QED) is 0.796. The van der Waals surface area contributed by atoms with Gasteiger partial charge in [0.05, 0.1) is 5.52 Å². The molecule has 5 heteroatoms. The minimum atomic E-state index is -1.09. The van der Waals surface area contributed by atoms with Gasteiger partial charge in [0, 0.05) is 8.96 Å². The molecule has 0 saturated carbocycles. The first kappa shape index (κ1) is 9.45. The topological polar surface area (TPSA) is 53.1 Å². The third kappa shape index (κ3) is 1.37. The van der Waals surface area contributed by atoms with Gasteiger partial charge in [-0.25, -0.2) is 9.18 Å². The monoisotopic (exact) mass is 305 g/mol. The van der Waals surface area contributed by atoms with Gasteiger partial charge in [-0.2, -0.15) is 0 Å². The highest BCUT2D eigenvalue weighted by Gasteiger charge is 2.12. The standard InChI is InChI=1S/C9H5FINO2/c10-5-1-2-6(11)8-4(5)3-7(12-8)9(13)14/h1-3,12H,(H,13,14). The highest BCUT2D eigenvalue weighted by atomic mass is 127. The van der Waals surface area contributed by atoms with Gasteiger partial charge in [0.1, 0.15) is 11.5 Å². The lowest BCUT2D eigenvalue weighted by molar-refractivity contribution is 0.0691. The number of aromatic nitrogens is 1. The van der Waals surface area contributed by atoms with Crippen molar-refractivity contribution in [3.05, 3.63) is 33.3 Å². The fraction of sp³-hybridized carbons (Fsp3) is 0. The third-order valence-corrected chi connectivity index (χ3v) is 2.82. The molecule has 1 heterocycles. The minimum Gasteiger partial charge on any atom is -0.477 e. The van der Waals surface area contributed by atoms with Crippen molar-refractivity contribution in [2.75, 3.05) is 0 Å². The van der Waals surface area contributed by atoms with Crippen molar-refractivity contribution in [2.45, 2.75) is 0 Å². The molecule has 1 aromatic carbocycles. The zero-order valence-electron chi connectivity index (χ0n) is 6.84. The van der Waals surface area contributed by atoms with Crippen LogP contribution >= 0.6 is 22.6 Å². The maximum atomic E-state index is 13.2. The highest BCUT2D eigenvalue weighted by molar-refractivity contribution is 14.1. The molecule has 0 saturated heterocycles. The van der Waals surface area contributed by atoms with Crippen molar-refractivity contribution < 1.29 is 14.3 Å². The number of benzene rings is 1. The van der Waals surface area contributed by atoms with Crippen LogP contribution in [0.4, 0.5) is 4.39 Å². The van der Waals surface area contributed by atoms with Gasteiger partial charge in [0.15, 0.2) is 0 Å². The molecule has 0 spiro atoms. The van der Waals surface area contributed by atoms with E-state index in [1.807, 2.05) is 22.6 Å². The maximum absolute atomic E-state index is 13.2. The molecule has 3 nitrogen and oxygen atoms in total. The van der Waals surface area contributed by atoms with E-state index in [9.17, 15) is 9.18 Å². The van der Waals surface area contributed by atoms with Gasteiger partial charge < -0.3 is 10.1 Å². The summed E-state index contributed by atoms with van der Waals surface area (Å²) >= 11 is 2.02. The number of carbonyl (C=O) groups is 1. The Morgan fingerprint density at radius 2 is 2.21 bits per heavy atom. The fourth-order valence-electron chi connectivity index (χ4n) is 1.27. The molecule has 0 fully saturated rings. The molecule has 0 bridgehead atoms. The van der Waals surface area contributed by atoms with Crippen molar-refractivity contribution in [3.8, 4) is 0 Å². The molecule has 1 aromatic heterocycles. The molecule has 0 aliphatic heterocycles. The number of nitrogens with one attached hydrogen (secondary N) is 1. The summed E-state index contributed by atoms with van der Waals surface area (Å²) in [6, 6.07) is 4.22. The summed E-state index contributed by atoms with van der Waals surface area (Å²) in [5, 5.41) is 9.03. The van der Waals surface area contributed by atoms with Crippen LogP contribution in [-0.2, 0) is 0 Å². The second kappa shape index (κ2) is 3.23. The summed E-state index contributed by atoms with van der Waals surface area (Å²) in [4.78, 5) is 13.3. The second-order valence-electron chi connectivity index (χ2n) is 2.81. The number of hydrogen-bond donors (Lipinski definition) is 2. The summed E-state index contributed by atoms with van der Waals surface area (Å²) in [6.07, 6.45) is 0. The third-order valence-electron chi connectivity index (χ3n) is 1.92. The number of carboxylic acids is 1. The van der Waals surface area contributed by atoms with Crippen LogP contribution in [0, 0.1) is 9.39 Å². The van der Waals surface area contributed by atoms with E-state index in [1.54, 1.807) is 6.07 Å². The largest absolute Gasteiger partial charge is 0.477 e. The molecule has 72 valence electrons. The Hall–Kier alpha value is -1.11. The minimum absolute atomic E-state index is 0.00279. The van der Waals surface area contributed by atoms with E-state index >= 15 is 0 Å². The van der Waals surface area contributed by atoms with E-state index in [2.05, 4.69) is 4.98 Å². The van der Waals surface area contributed by atoms with Crippen LogP contribution in [0.5, 0.6) is 0 Å². The zero-order valence-corrected chi connectivity index (χ0v) is 9.00. The molecule has 0 aliphatic carbocycles. The lowest BCUT2D eigenvalue weighted by Crippen LogP contribution is -1.94. The van der Waals surface area contributed by atoms with Crippen LogP contribution in [0.25, 0.3) is 10.9 Å². The molecule has 0 atom stereocenters. The predicted molar refractivity (Wildman–Crippen MR) is 57.9 cm³/mol. The summed E-state index contributed by atoms with van der Waals surface area (Å²) < 4.78 is 14.0. The molecule has 14 heavy (non-hydrogen) atoms. The van der Waals surface area contributed by atoms with Crippen molar-refractivity contribution in [1.29, 1.82) is 0 Å². The summed E-state index contributed by atoms with van der Waals surface area (Å²) in [7, 11) is 0. The van der Waals surface area contributed by atoms with Crippen LogP contribution in [0.1, 0.15) is 10.5 Å². The molecule has 2 aromatic rings. The Morgan fingerprint density at radius 1 is 1.50 bits per heavy atom. The molecular formula is C9H5FINO2. The van der Waals surface area contributed by atoms with Gasteiger partial charge in [-0.1, -0.05) is 0 Å². The Bertz CT molecular complexity index is 482. The SMILES string of the molecule is O=C(O)c1cc2c(F)ccc(I)c2[nH]1. The van der Waals surface area contributed by atoms with Crippen LogP contribution in [0.15, 0.2) is 18.2 Å². The van der Waals surface area contributed by atoms with E-state index in [4.69, 9.17) is 5.11 Å². The van der Waals surface area contributed by atoms with Gasteiger partial charge in [-0.15, -0.1) is 0 Å². The molecule has 0 radical (unpaired) electrons. The van der Waals surface area contributed by atoms with Crippen molar-refractivity contribution in [2.24, 2.45) is 0 Å². The van der Waals surface area contributed by atoms with E-state index in [-0.39, 0.29) is 5.69 Å². The second-order valence-corrected chi connectivity index (χ2v) is 3.97. The Balaban J connectivity index is 2.82. The van der Waals surface area contributed by atoms with E-state index in [1.165, 1.54) is 12.1 Å². The van der Waals surface area contributed by atoms with Gasteiger partial charge in [-0.3, -0.25) is 0 Å². The van der Waals surface area contributed by atoms with Gasteiger partial charge in [0.25, 0.3) is 0 Å². The van der Waals surface area contributed by atoms with Crippen LogP contribution in [-0.4, -0.2) is 16.1 Å². The number of halogens is 2. The average Bonchev–Trinajstić information content (AvgIpc) is 2.57. The molecule has 2 rings (SSSR count). The van der Waals surface area contributed by atoms with Gasteiger partial charge in [0.2, 0.25) is 0 Å². The first-order valence-corrected chi connectivity index (χ1v) is 4.87. The van der Waals surface area contributed by atoms with E-state index in [0.717, 1.165) is 3.57 Å². The number of H-pyrrole nitrogens is 1. The number of hydrogen-bond acceptors (Lipinski definition) is 1. The Labute approximate surface area is 92.1 Å². The van der Waals surface area contributed by atoms with Crippen molar-refractivity contribution in [3.63, 3.8) is 0 Å². The summed E-state index contributed by atoms with van der Waals surface area (Å²) in [6.45, 7) is 0. The van der Waals surface area contributed by atoms with E-state index in [0.29, 0.717) is 10.9 Å². The van der Waals surface area contributed by atoms with E-state index < -0.39 is 11.8 Å². The molecule has 0 aliphatic rings. The number of fused-ring (bicyclic) bond motifs is 1. The fourth-order valence-corrected chi connectivity index (χ4v) is 1.87. The van der Waals surface area contributed by atoms with Crippen molar-refractivity contribution >= 4 is 39.5 Å². The molecule has 0 amide bonds. The molecule has 2 N–H and O–H groups in total. The normalized spacial score (nSPS) is 10.7.